The van der Waals surface area contributed by atoms with Crippen LogP contribution in [0, 0.1) is 0 Å². The van der Waals surface area contributed by atoms with Gasteiger partial charge in [0.15, 0.2) is 17.1 Å². The highest BCUT2D eigenvalue weighted by Gasteiger charge is 2.22. The molecule has 4 aromatic heterocycles. The molecule has 13 heteroatoms. The Labute approximate surface area is 234 Å². The van der Waals surface area contributed by atoms with Gasteiger partial charge >= 0.3 is 0 Å². The molecule has 0 radical (unpaired) electrons. The molecule has 0 aliphatic carbocycles. The van der Waals surface area contributed by atoms with Crippen LogP contribution in [0.5, 0.6) is 0 Å². The maximum Gasteiger partial charge on any atom is 0.278 e. The summed E-state index contributed by atoms with van der Waals surface area (Å²) in [6, 6.07) is 11.8. The van der Waals surface area contributed by atoms with Crippen LogP contribution in [0.1, 0.15) is 6.04 Å². The van der Waals surface area contributed by atoms with E-state index in [4.69, 9.17) is 14.8 Å². The molecule has 1 N–H and O–H groups in total. The van der Waals surface area contributed by atoms with Crippen molar-refractivity contribution in [3.05, 3.63) is 71.8 Å². The number of likely N-dealkylation sites (N-methyl/N-ethyl adjacent to an activating group) is 1. The van der Waals surface area contributed by atoms with Gasteiger partial charge in [-0.25, -0.2) is 24.0 Å². The summed E-state index contributed by atoms with van der Waals surface area (Å²) in [7, 11) is 2.15. The second-order valence-electron chi connectivity index (χ2n) is 10.2. The van der Waals surface area contributed by atoms with E-state index < -0.39 is 0 Å². The molecule has 0 amide bonds. The highest BCUT2D eigenvalue weighted by Crippen LogP contribution is 2.24. The fraction of sp³-hybridized carbons (Fsp3) is 0.286. The Bertz CT molecular complexity index is 1830. The lowest BCUT2D eigenvalue weighted by molar-refractivity contribution is 0.154. The summed E-state index contributed by atoms with van der Waals surface area (Å²) < 4.78 is 5.03. The lowest BCUT2D eigenvalue weighted by atomic mass is 10.2. The van der Waals surface area contributed by atoms with Crippen LogP contribution in [0.4, 0.5) is 17.3 Å². The Kier molecular flexibility index (Phi) is 6.19. The van der Waals surface area contributed by atoms with E-state index in [1.807, 2.05) is 24.3 Å². The standard InChI is InChI=1S/C28H29N11O2/c1-3-10-37-27(40)23-17-29-28(32-20-5-7-21(8-6-20)36-13-11-35(2)12-14-36)34-26(23)39(37)24-9-4-19-15-30-38(25(19)33-24)22-16-31-41-18-22/h3-9,15-17,22H,1,10-14,18H2,2H3,(H,29,32,34). The number of anilines is 3. The molecule has 0 spiro atoms. The monoisotopic (exact) mass is 551 g/mol. The fourth-order valence-corrected chi connectivity index (χ4v) is 5.24. The molecule has 1 aromatic carbocycles. The van der Waals surface area contributed by atoms with Gasteiger partial charge in [0.25, 0.3) is 5.56 Å². The van der Waals surface area contributed by atoms with Crippen molar-refractivity contribution in [2.45, 2.75) is 12.6 Å². The van der Waals surface area contributed by atoms with E-state index in [-0.39, 0.29) is 18.1 Å². The Hall–Kier alpha value is -5.04. The number of pyridine rings is 1. The predicted octanol–water partition coefficient (Wildman–Crippen LogP) is 2.57. The zero-order valence-corrected chi connectivity index (χ0v) is 22.6. The second kappa shape index (κ2) is 10.2. The number of hydrogen-bond donors (Lipinski definition) is 1. The van der Waals surface area contributed by atoms with Crippen LogP contribution in [-0.4, -0.2) is 85.0 Å². The molecule has 5 aromatic rings. The number of aromatic nitrogens is 7. The van der Waals surface area contributed by atoms with Gasteiger partial charge in [-0.2, -0.15) is 10.1 Å². The Morgan fingerprint density at radius 2 is 1.88 bits per heavy atom. The van der Waals surface area contributed by atoms with E-state index in [1.54, 1.807) is 38.7 Å². The molecule has 1 atom stereocenters. The normalized spacial score (nSPS) is 17.4. The number of rotatable bonds is 7. The number of fused-ring (bicyclic) bond motifs is 2. The third-order valence-corrected chi connectivity index (χ3v) is 7.48. The molecule has 0 bridgehead atoms. The van der Waals surface area contributed by atoms with Crippen molar-refractivity contribution in [1.29, 1.82) is 0 Å². The van der Waals surface area contributed by atoms with Crippen LogP contribution in [0.2, 0.25) is 0 Å². The van der Waals surface area contributed by atoms with E-state index in [2.05, 4.69) is 56.1 Å². The third-order valence-electron chi connectivity index (χ3n) is 7.48. The van der Waals surface area contributed by atoms with Crippen molar-refractivity contribution in [3.8, 4) is 5.82 Å². The SMILES string of the molecule is C=CCn1c(=O)c2cnc(Nc3ccc(N4CCN(C)CC4)cc3)nc2n1-c1ccc2cnn(C3C=NOC3)c2n1. The minimum absolute atomic E-state index is 0.159. The van der Waals surface area contributed by atoms with Gasteiger partial charge in [-0.1, -0.05) is 11.2 Å². The number of oxime groups is 1. The van der Waals surface area contributed by atoms with E-state index in [0.717, 1.165) is 37.3 Å². The number of allylic oxidation sites excluding steroid dienone is 1. The van der Waals surface area contributed by atoms with Gasteiger partial charge in [-0.05, 0) is 43.4 Å². The van der Waals surface area contributed by atoms with Gasteiger partial charge in [-0.15, -0.1) is 6.58 Å². The van der Waals surface area contributed by atoms with Gasteiger partial charge in [0.2, 0.25) is 5.95 Å². The van der Waals surface area contributed by atoms with Crippen molar-refractivity contribution >= 4 is 45.6 Å². The first-order valence-corrected chi connectivity index (χ1v) is 13.5. The Balaban J connectivity index is 1.25. The lowest BCUT2D eigenvalue weighted by Gasteiger charge is -2.34. The van der Waals surface area contributed by atoms with Gasteiger partial charge in [0.1, 0.15) is 18.0 Å². The smallest absolute Gasteiger partial charge is 0.278 e. The first-order valence-electron chi connectivity index (χ1n) is 13.5. The number of benzene rings is 1. The average Bonchev–Trinajstić information content (AvgIpc) is 3.73. The molecule has 0 saturated carbocycles. The largest absolute Gasteiger partial charge is 0.393 e. The van der Waals surface area contributed by atoms with Gasteiger partial charge in [0, 0.05) is 49.1 Å². The molecular weight excluding hydrogens is 522 g/mol. The summed E-state index contributed by atoms with van der Waals surface area (Å²) in [5, 5.41) is 12.9. The predicted molar refractivity (Wildman–Crippen MR) is 157 cm³/mol. The van der Waals surface area contributed by atoms with Crippen molar-refractivity contribution in [2.75, 3.05) is 50.1 Å². The van der Waals surface area contributed by atoms with Gasteiger partial charge < -0.3 is 20.0 Å². The maximum absolute atomic E-state index is 13.4. The van der Waals surface area contributed by atoms with Crippen LogP contribution in [0.25, 0.3) is 27.9 Å². The Morgan fingerprint density at radius 3 is 2.63 bits per heavy atom. The number of nitrogens with one attached hydrogen (secondary N) is 1. The molecule has 2 aliphatic heterocycles. The first-order chi connectivity index (χ1) is 20.1. The van der Waals surface area contributed by atoms with Crippen LogP contribution in [0.15, 0.2) is 71.4 Å². The summed E-state index contributed by atoms with van der Waals surface area (Å²) in [6.45, 7) is 8.60. The van der Waals surface area contributed by atoms with Crippen LogP contribution >= 0.6 is 0 Å². The Morgan fingerprint density at radius 1 is 1.05 bits per heavy atom. The quantitative estimate of drug-likeness (QED) is 0.304. The van der Waals surface area contributed by atoms with E-state index in [9.17, 15) is 4.79 Å². The summed E-state index contributed by atoms with van der Waals surface area (Å²) in [6.07, 6.45) is 6.67. The zero-order chi connectivity index (χ0) is 27.9. The number of nitrogens with zero attached hydrogens (tertiary/aromatic N) is 10. The molecular formula is C28H29N11O2. The third kappa shape index (κ3) is 4.49. The van der Waals surface area contributed by atoms with Crippen molar-refractivity contribution < 1.29 is 4.84 Å². The number of hydrogen-bond acceptors (Lipinski definition) is 10. The van der Waals surface area contributed by atoms with Crippen LogP contribution in [-0.2, 0) is 11.4 Å². The molecule has 13 nitrogen and oxygen atoms in total. The molecule has 41 heavy (non-hydrogen) atoms. The van der Waals surface area contributed by atoms with E-state index >= 15 is 0 Å². The first kappa shape index (κ1) is 25.0. The van der Waals surface area contributed by atoms with Crippen molar-refractivity contribution in [3.63, 3.8) is 0 Å². The van der Waals surface area contributed by atoms with E-state index in [1.165, 1.54) is 5.69 Å². The highest BCUT2D eigenvalue weighted by atomic mass is 16.6. The number of piperazine rings is 1. The molecule has 1 fully saturated rings. The van der Waals surface area contributed by atoms with E-state index in [0.29, 0.717) is 35.1 Å². The molecule has 208 valence electrons. The second-order valence-corrected chi connectivity index (χ2v) is 10.2. The summed E-state index contributed by atoms with van der Waals surface area (Å²) >= 11 is 0. The molecule has 1 unspecified atom stereocenters. The summed E-state index contributed by atoms with van der Waals surface area (Å²) in [4.78, 5) is 37.4. The maximum atomic E-state index is 13.4. The minimum Gasteiger partial charge on any atom is -0.393 e. The fourth-order valence-electron chi connectivity index (χ4n) is 5.24. The summed E-state index contributed by atoms with van der Waals surface area (Å²) in [5.74, 6) is 0.894. The summed E-state index contributed by atoms with van der Waals surface area (Å²) in [5.41, 5.74) is 2.90. The minimum atomic E-state index is -0.227. The van der Waals surface area contributed by atoms with Crippen LogP contribution in [0.3, 0.4) is 0 Å². The molecule has 1 saturated heterocycles. The van der Waals surface area contributed by atoms with Gasteiger partial charge in [-0.3, -0.25) is 4.79 Å². The van der Waals surface area contributed by atoms with Gasteiger partial charge in [0.05, 0.1) is 19.0 Å². The topological polar surface area (TPSA) is 124 Å². The lowest BCUT2D eigenvalue weighted by Crippen LogP contribution is -2.44. The highest BCUT2D eigenvalue weighted by molar-refractivity contribution is 5.80. The molecule has 6 heterocycles. The van der Waals surface area contributed by atoms with Crippen LogP contribution < -0.4 is 15.8 Å². The van der Waals surface area contributed by atoms with Crippen molar-refractivity contribution in [1.82, 2.24) is 39.0 Å². The van der Waals surface area contributed by atoms with Crippen molar-refractivity contribution in [2.24, 2.45) is 5.16 Å². The average molecular weight is 552 g/mol. The zero-order valence-electron chi connectivity index (χ0n) is 22.6. The molecule has 7 rings (SSSR count). The molecule has 2 aliphatic rings.